The third-order valence-electron chi connectivity index (χ3n) is 3.42. The second kappa shape index (κ2) is 5.21. The average Bonchev–Trinajstić information content (AvgIpc) is 2.66. The molecule has 0 aromatic heterocycles. The number of halogens is 1. The summed E-state index contributed by atoms with van der Waals surface area (Å²) < 4.78 is 5.88. The molecule has 19 heavy (non-hydrogen) atoms. The summed E-state index contributed by atoms with van der Waals surface area (Å²) in [5, 5.41) is 9.24. The van der Waals surface area contributed by atoms with Gasteiger partial charge in [-0.15, -0.1) is 0 Å². The number of hydrogen-bond donors (Lipinski definition) is 1. The monoisotopic (exact) mass is 327 g/mol. The van der Waals surface area contributed by atoms with E-state index in [0.29, 0.717) is 5.75 Å². The van der Waals surface area contributed by atoms with Gasteiger partial charge in [-0.1, -0.05) is 6.07 Å². The zero-order valence-corrected chi connectivity index (χ0v) is 12.2. The lowest BCUT2D eigenvalue weighted by atomic mass is 9.94. The van der Waals surface area contributed by atoms with Gasteiger partial charge in [0.2, 0.25) is 5.91 Å². The van der Waals surface area contributed by atoms with Gasteiger partial charge in [0.05, 0.1) is 23.5 Å². The number of carboxylic acid groups (broad SMARTS) is 1. The molecule has 1 aromatic carbocycles. The van der Waals surface area contributed by atoms with Crippen molar-refractivity contribution in [2.24, 2.45) is 5.92 Å². The van der Waals surface area contributed by atoms with Crippen molar-refractivity contribution in [3.05, 3.63) is 28.2 Å². The Bertz CT molecular complexity index is 531. The molecule has 1 aromatic rings. The molecule has 1 saturated heterocycles. The van der Waals surface area contributed by atoms with Gasteiger partial charge < -0.3 is 14.7 Å². The van der Waals surface area contributed by atoms with Crippen LogP contribution in [0.1, 0.15) is 18.0 Å². The van der Waals surface area contributed by atoms with E-state index in [1.165, 1.54) is 4.90 Å². The fraction of sp³-hybridized carbons (Fsp3) is 0.385. The molecule has 2 unspecified atom stereocenters. The molecular formula is C13H14BrNO4. The lowest BCUT2D eigenvalue weighted by Gasteiger charge is -2.23. The number of nitrogens with zero attached hydrogens (tertiary/aromatic N) is 1. The SMILES string of the molecule is COc1ccc(C2C(C(=O)O)CC(=O)N2C)cc1Br. The lowest BCUT2D eigenvalue weighted by molar-refractivity contribution is -0.142. The first-order valence-corrected chi connectivity index (χ1v) is 6.57. The number of hydrogen-bond acceptors (Lipinski definition) is 3. The Hall–Kier alpha value is -1.56. The highest BCUT2D eigenvalue weighted by Crippen LogP contribution is 2.39. The standard InChI is InChI=1S/C13H14BrNO4/c1-15-11(16)6-8(13(17)18)12(15)7-3-4-10(19-2)9(14)5-7/h3-5,8,12H,6H2,1-2H3,(H,17,18). The van der Waals surface area contributed by atoms with Crippen LogP contribution in [0.4, 0.5) is 0 Å². The number of ether oxygens (including phenoxy) is 1. The fourth-order valence-corrected chi connectivity index (χ4v) is 2.97. The van der Waals surface area contributed by atoms with Gasteiger partial charge in [-0.05, 0) is 33.6 Å². The molecule has 0 radical (unpaired) electrons. The Morgan fingerprint density at radius 2 is 2.21 bits per heavy atom. The summed E-state index contributed by atoms with van der Waals surface area (Å²) in [7, 11) is 3.19. The predicted molar refractivity (Wildman–Crippen MR) is 71.9 cm³/mol. The van der Waals surface area contributed by atoms with Crippen molar-refractivity contribution in [2.75, 3.05) is 14.2 Å². The normalized spacial score (nSPS) is 22.7. The molecule has 0 spiro atoms. The summed E-state index contributed by atoms with van der Waals surface area (Å²) >= 11 is 3.37. The highest BCUT2D eigenvalue weighted by atomic mass is 79.9. The maximum absolute atomic E-state index is 11.7. The Balaban J connectivity index is 2.40. The van der Waals surface area contributed by atoms with E-state index in [-0.39, 0.29) is 12.3 Å². The van der Waals surface area contributed by atoms with E-state index in [0.717, 1.165) is 10.0 Å². The zero-order chi connectivity index (χ0) is 14.2. The first-order valence-electron chi connectivity index (χ1n) is 5.77. The molecule has 5 nitrogen and oxygen atoms in total. The molecule has 1 aliphatic heterocycles. The van der Waals surface area contributed by atoms with Gasteiger partial charge in [0, 0.05) is 13.5 Å². The van der Waals surface area contributed by atoms with Crippen LogP contribution in [0.5, 0.6) is 5.75 Å². The summed E-state index contributed by atoms with van der Waals surface area (Å²) in [5.41, 5.74) is 0.786. The summed E-state index contributed by atoms with van der Waals surface area (Å²) in [6.07, 6.45) is 0.0418. The molecule has 1 amide bonds. The smallest absolute Gasteiger partial charge is 0.309 e. The van der Waals surface area contributed by atoms with Crippen LogP contribution in [0.15, 0.2) is 22.7 Å². The second-order valence-electron chi connectivity index (χ2n) is 4.49. The molecule has 102 valence electrons. The predicted octanol–water partition coefficient (Wildman–Crippen LogP) is 2.06. The van der Waals surface area contributed by atoms with Gasteiger partial charge in [0.15, 0.2) is 0 Å². The highest BCUT2D eigenvalue weighted by Gasteiger charge is 2.42. The first-order chi connectivity index (χ1) is 8.95. The molecule has 1 fully saturated rings. The Labute approximate surface area is 119 Å². The van der Waals surface area contributed by atoms with Crippen LogP contribution in [-0.2, 0) is 9.59 Å². The van der Waals surface area contributed by atoms with E-state index in [9.17, 15) is 14.7 Å². The largest absolute Gasteiger partial charge is 0.496 e. The third-order valence-corrected chi connectivity index (χ3v) is 4.04. The lowest BCUT2D eigenvalue weighted by Crippen LogP contribution is -2.26. The Kier molecular flexibility index (Phi) is 3.80. The van der Waals surface area contributed by atoms with E-state index in [2.05, 4.69) is 15.9 Å². The van der Waals surface area contributed by atoms with Crippen molar-refractivity contribution in [2.45, 2.75) is 12.5 Å². The maximum atomic E-state index is 11.7. The van der Waals surface area contributed by atoms with Crippen molar-refractivity contribution in [3.63, 3.8) is 0 Å². The molecule has 0 aliphatic carbocycles. The summed E-state index contributed by atoms with van der Waals surface area (Å²) in [6, 6.07) is 4.91. The minimum absolute atomic E-state index is 0.0418. The summed E-state index contributed by atoms with van der Waals surface area (Å²) in [5.74, 6) is -1.14. The number of carboxylic acids is 1. The Morgan fingerprint density at radius 1 is 1.53 bits per heavy atom. The minimum Gasteiger partial charge on any atom is -0.496 e. The Morgan fingerprint density at radius 3 is 2.74 bits per heavy atom. The molecule has 6 heteroatoms. The molecule has 0 bridgehead atoms. The van der Waals surface area contributed by atoms with Crippen LogP contribution >= 0.6 is 15.9 Å². The van der Waals surface area contributed by atoms with Gasteiger partial charge in [0.25, 0.3) is 0 Å². The van der Waals surface area contributed by atoms with Gasteiger partial charge in [-0.25, -0.2) is 0 Å². The van der Waals surface area contributed by atoms with E-state index in [1.807, 2.05) is 0 Å². The minimum atomic E-state index is -0.949. The van der Waals surface area contributed by atoms with Crippen molar-refractivity contribution < 1.29 is 19.4 Å². The van der Waals surface area contributed by atoms with E-state index < -0.39 is 17.9 Å². The second-order valence-corrected chi connectivity index (χ2v) is 5.35. The van der Waals surface area contributed by atoms with Gasteiger partial charge in [0.1, 0.15) is 5.75 Å². The average molecular weight is 328 g/mol. The number of carbonyl (C=O) groups excluding carboxylic acids is 1. The molecule has 0 saturated carbocycles. The van der Waals surface area contributed by atoms with Crippen LogP contribution in [-0.4, -0.2) is 36.0 Å². The third kappa shape index (κ3) is 2.45. The maximum Gasteiger partial charge on any atom is 0.309 e. The quantitative estimate of drug-likeness (QED) is 0.922. The van der Waals surface area contributed by atoms with Gasteiger partial charge in [-0.3, -0.25) is 9.59 Å². The van der Waals surface area contributed by atoms with Crippen LogP contribution in [0, 0.1) is 5.92 Å². The summed E-state index contributed by atoms with van der Waals surface area (Å²) in [4.78, 5) is 24.5. The van der Waals surface area contributed by atoms with Gasteiger partial charge in [-0.2, -0.15) is 0 Å². The van der Waals surface area contributed by atoms with Gasteiger partial charge >= 0.3 is 5.97 Å². The van der Waals surface area contributed by atoms with Crippen molar-refractivity contribution in [1.82, 2.24) is 4.90 Å². The van der Waals surface area contributed by atoms with Crippen LogP contribution < -0.4 is 4.74 Å². The molecule has 1 aliphatic rings. The van der Waals surface area contributed by atoms with E-state index in [1.54, 1.807) is 32.4 Å². The number of aliphatic carboxylic acids is 1. The molecular weight excluding hydrogens is 314 g/mol. The highest BCUT2D eigenvalue weighted by molar-refractivity contribution is 9.10. The van der Waals surface area contributed by atoms with Crippen LogP contribution in [0.3, 0.4) is 0 Å². The van der Waals surface area contributed by atoms with Crippen LogP contribution in [0.2, 0.25) is 0 Å². The molecule has 1 heterocycles. The molecule has 1 N–H and O–H groups in total. The van der Waals surface area contributed by atoms with E-state index in [4.69, 9.17) is 4.74 Å². The number of methoxy groups -OCH3 is 1. The number of carbonyl (C=O) groups is 2. The summed E-state index contributed by atoms with van der Waals surface area (Å²) in [6.45, 7) is 0. The number of amides is 1. The van der Waals surface area contributed by atoms with Crippen molar-refractivity contribution in [1.29, 1.82) is 0 Å². The number of benzene rings is 1. The topological polar surface area (TPSA) is 66.8 Å². The first kappa shape index (κ1) is 13.9. The molecule has 2 rings (SSSR count). The zero-order valence-electron chi connectivity index (χ0n) is 10.6. The van der Waals surface area contributed by atoms with E-state index >= 15 is 0 Å². The van der Waals surface area contributed by atoms with Crippen molar-refractivity contribution in [3.8, 4) is 5.75 Å². The van der Waals surface area contributed by atoms with Crippen LogP contribution in [0.25, 0.3) is 0 Å². The fourth-order valence-electron chi connectivity index (χ4n) is 2.41. The van der Waals surface area contributed by atoms with Crippen molar-refractivity contribution >= 4 is 27.8 Å². The number of rotatable bonds is 3. The molecule has 2 atom stereocenters. The number of likely N-dealkylation sites (tertiary alicyclic amines) is 1.